The topological polar surface area (TPSA) is 70.6 Å². The number of aromatic nitrogens is 1. The maximum absolute atomic E-state index is 13.8. The number of hydrogen-bond acceptors (Lipinski definition) is 5. The number of thiazole rings is 1. The smallest absolute Gasteiger partial charge is 0.260 e. The molecule has 0 bridgehead atoms. The zero-order valence-electron chi connectivity index (χ0n) is 20.5. The highest BCUT2D eigenvalue weighted by atomic mass is 32.2. The maximum atomic E-state index is 13.8. The Bertz CT molecular complexity index is 1490. The van der Waals surface area contributed by atoms with Crippen molar-refractivity contribution < 1.29 is 13.2 Å². The Labute approximate surface area is 216 Å². The Morgan fingerprint density at radius 3 is 2.36 bits per heavy atom. The van der Waals surface area contributed by atoms with Crippen LogP contribution in [0.3, 0.4) is 0 Å². The van der Waals surface area contributed by atoms with E-state index in [1.807, 2.05) is 37.3 Å². The lowest BCUT2D eigenvalue weighted by molar-refractivity contribution is 0.0985. The van der Waals surface area contributed by atoms with Crippen LogP contribution in [0.25, 0.3) is 10.2 Å². The minimum Gasteiger partial charge on any atom is -0.279 e. The molecule has 0 N–H and O–H groups in total. The Morgan fingerprint density at radius 1 is 0.972 bits per heavy atom. The molecule has 0 radical (unpaired) electrons. The van der Waals surface area contributed by atoms with Crippen molar-refractivity contribution in [2.24, 2.45) is 0 Å². The number of carbonyl (C=O) groups excluding carboxylic acids is 1. The molecule has 1 aromatic heterocycles. The van der Waals surface area contributed by atoms with Crippen molar-refractivity contribution in [1.82, 2.24) is 9.29 Å². The number of fused-ring (bicyclic) bond motifs is 1. The van der Waals surface area contributed by atoms with Gasteiger partial charge in [-0.3, -0.25) is 9.69 Å². The van der Waals surface area contributed by atoms with Crippen LogP contribution in [0.2, 0.25) is 0 Å². The normalized spacial score (nSPS) is 14.7. The van der Waals surface area contributed by atoms with Gasteiger partial charge in [0.2, 0.25) is 10.0 Å². The number of nitrogens with zero attached hydrogens (tertiary/aromatic N) is 3. The predicted molar refractivity (Wildman–Crippen MR) is 145 cm³/mol. The first-order valence-corrected chi connectivity index (χ1v) is 14.4. The van der Waals surface area contributed by atoms with Crippen molar-refractivity contribution in [3.8, 4) is 0 Å². The highest BCUT2D eigenvalue weighted by Gasteiger charge is 2.27. The Hall–Kier alpha value is -3.07. The van der Waals surface area contributed by atoms with Crippen LogP contribution in [-0.4, -0.2) is 36.7 Å². The molecule has 0 saturated carbocycles. The number of benzene rings is 3. The van der Waals surface area contributed by atoms with Gasteiger partial charge < -0.3 is 0 Å². The van der Waals surface area contributed by atoms with Gasteiger partial charge in [0, 0.05) is 18.7 Å². The van der Waals surface area contributed by atoms with Crippen molar-refractivity contribution in [3.63, 3.8) is 0 Å². The van der Waals surface area contributed by atoms with Crippen molar-refractivity contribution in [3.05, 3.63) is 89.0 Å². The largest absolute Gasteiger partial charge is 0.279 e. The van der Waals surface area contributed by atoms with E-state index >= 15 is 0 Å². The molecule has 1 amide bonds. The van der Waals surface area contributed by atoms with Crippen LogP contribution in [-0.2, 0) is 16.6 Å². The molecule has 1 fully saturated rings. The molecule has 0 unspecified atom stereocenters. The Balaban J connectivity index is 1.49. The molecule has 0 aliphatic carbocycles. The molecule has 36 heavy (non-hydrogen) atoms. The second-order valence-electron chi connectivity index (χ2n) is 9.29. The van der Waals surface area contributed by atoms with Gasteiger partial charge in [0.05, 0.1) is 21.7 Å². The third-order valence-corrected chi connectivity index (χ3v) is 9.47. The Kier molecular flexibility index (Phi) is 6.92. The van der Waals surface area contributed by atoms with E-state index in [1.54, 1.807) is 33.5 Å². The Morgan fingerprint density at radius 2 is 1.67 bits per heavy atom. The third kappa shape index (κ3) is 4.93. The summed E-state index contributed by atoms with van der Waals surface area (Å²) in [5.41, 5.74) is 4.54. The van der Waals surface area contributed by atoms with Crippen molar-refractivity contribution in [2.75, 3.05) is 18.0 Å². The molecule has 0 atom stereocenters. The van der Waals surface area contributed by atoms with E-state index in [-0.39, 0.29) is 10.8 Å². The third-order valence-electron chi connectivity index (χ3n) is 6.53. The van der Waals surface area contributed by atoms with E-state index < -0.39 is 10.0 Å². The van der Waals surface area contributed by atoms with Crippen LogP contribution < -0.4 is 4.90 Å². The predicted octanol–water partition coefficient (Wildman–Crippen LogP) is 5.93. The fourth-order valence-corrected chi connectivity index (χ4v) is 7.30. The summed E-state index contributed by atoms with van der Waals surface area (Å²) in [6.45, 7) is 5.54. The van der Waals surface area contributed by atoms with Crippen molar-refractivity contribution in [2.45, 2.75) is 44.6 Å². The SMILES string of the molecule is Cc1cc(C)c2nc(N(Cc3ccccc3)C(=O)c3ccc(S(=O)(=O)N4CCCCC4)cc3)sc2c1. The molecule has 0 spiro atoms. The lowest BCUT2D eigenvalue weighted by Gasteiger charge is -2.26. The number of sulfonamides is 1. The van der Waals surface area contributed by atoms with E-state index in [0.717, 1.165) is 46.2 Å². The fraction of sp³-hybridized carbons (Fsp3) is 0.286. The van der Waals surface area contributed by atoms with Gasteiger partial charge in [0.25, 0.3) is 5.91 Å². The van der Waals surface area contributed by atoms with E-state index in [2.05, 4.69) is 19.1 Å². The minimum atomic E-state index is -3.55. The molecule has 5 rings (SSSR count). The maximum Gasteiger partial charge on any atom is 0.260 e. The van der Waals surface area contributed by atoms with Gasteiger partial charge >= 0.3 is 0 Å². The molecule has 4 aromatic rings. The summed E-state index contributed by atoms with van der Waals surface area (Å²) in [6.07, 6.45) is 2.82. The van der Waals surface area contributed by atoms with Crippen molar-refractivity contribution >= 4 is 42.6 Å². The number of rotatable bonds is 6. The summed E-state index contributed by atoms with van der Waals surface area (Å²) >= 11 is 1.49. The summed E-state index contributed by atoms with van der Waals surface area (Å²) in [6, 6.07) is 20.3. The summed E-state index contributed by atoms with van der Waals surface area (Å²) < 4.78 is 28.7. The summed E-state index contributed by atoms with van der Waals surface area (Å²) in [4.78, 5) is 20.5. The summed E-state index contributed by atoms with van der Waals surface area (Å²) in [7, 11) is -3.55. The second-order valence-corrected chi connectivity index (χ2v) is 12.2. The van der Waals surface area contributed by atoms with Gasteiger partial charge in [-0.2, -0.15) is 4.31 Å². The molecule has 1 saturated heterocycles. The molecule has 186 valence electrons. The fourth-order valence-electron chi connectivity index (χ4n) is 4.65. The van der Waals surface area contributed by atoms with E-state index in [9.17, 15) is 13.2 Å². The molecular formula is C28H29N3O3S2. The van der Waals surface area contributed by atoms with E-state index in [1.165, 1.54) is 11.3 Å². The molecule has 1 aliphatic rings. The number of hydrogen-bond donors (Lipinski definition) is 0. The summed E-state index contributed by atoms with van der Waals surface area (Å²) in [5, 5.41) is 0.623. The number of carbonyl (C=O) groups is 1. The molecule has 8 heteroatoms. The zero-order valence-corrected chi connectivity index (χ0v) is 22.1. The number of piperidine rings is 1. The molecule has 1 aliphatic heterocycles. The lowest BCUT2D eigenvalue weighted by Crippen LogP contribution is -2.35. The van der Waals surface area contributed by atoms with Gasteiger partial charge in [-0.1, -0.05) is 54.2 Å². The van der Waals surface area contributed by atoms with E-state index in [0.29, 0.717) is 30.3 Å². The second kappa shape index (κ2) is 10.1. The molecule has 6 nitrogen and oxygen atoms in total. The average molecular weight is 520 g/mol. The summed E-state index contributed by atoms with van der Waals surface area (Å²) in [5.74, 6) is -0.214. The van der Waals surface area contributed by atoms with Crippen LogP contribution in [0.15, 0.2) is 71.6 Å². The van der Waals surface area contributed by atoms with Gasteiger partial charge in [-0.15, -0.1) is 0 Å². The molecule has 3 aromatic carbocycles. The van der Waals surface area contributed by atoms with E-state index in [4.69, 9.17) is 4.98 Å². The molecular weight excluding hydrogens is 490 g/mol. The number of anilines is 1. The molecule has 2 heterocycles. The minimum absolute atomic E-state index is 0.214. The quantitative estimate of drug-likeness (QED) is 0.316. The monoisotopic (exact) mass is 519 g/mol. The standard InChI is InChI=1S/C28H29N3O3S2/c1-20-17-21(2)26-25(18-20)35-28(29-26)31(19-22-9-5-3-6-10-22)27(32)23-11-13-24(14-12-23)36(33,34)30-15-7-4-8-16-30/h3,5-6,9-14,17-18H,4,7-8,15-16,19H2,1-2H3. The highest BCUT2D eigenvalue weighted by Crippen LogP contribution is 2.33. The van der Waals surface area contributed by atoms with Crippen LogP contribution in [0.5, 0.6) is 0 Å². The first-order valence-electron chi connectivity index (χ1n) is 12.2. The van der Waals surface area contributed by atoms with Crippen LogP contribution in [0, 0.1) is 13.8 Å². The van der Waals surface area contributed by atoms with Gasteiger partial charge in [-0.05, 0) is 73.7 Å². The number of aryl methyl sites for hydroxylation is 2. The van der Waals surface area contributed by atoms with Gasteiger partial charge in [0.15, 0.2) is 5.13 Å². The average Bonchev–Trinajstić information content (AvgIpc) is 3.32. The zero-order chi connectivity index (χ0) is 25.3. The highest BCUT2D eigenvalue weighted by molar-refractivity contribution is 7.89. The van der Waals surface area contributed by atoms with Crippen LogP contribution >= 0.6 is 11.3 Å². The van der Waals surface area contributed by atoms with Gasteiger partial charge in [0.1, 0.15) is 0 Å². The number of amides is 1. The van der Waals surface area contributed by atoms with Crippen LogP contribution in [0.4, 0.5) is 5.13 Å². The first-order chi connectivity index (χ1) is 17.3. The van der Waals surface area contributed by atoms with Crippen molar-refractivity contribution in [1.29, 1.82) is 0 Å². The first kappa shape index (κ1) is 24.6. The lowest BCUT2D eigenvalue weighted by atomic mass is 10.1. The van der Waals surface area contributed by atoms with Gasteiger partial charge in [-0.25, -0.2) is 13.4 Å². The van der Waals surface area contributed by atoms with Crippen LogP contribution in [0.1, 0.15) is 46.3 Å².